The predicted octanol–water partition coefficient (Wildman–Crippen LogP) is 4.19. The SMILES string of the molecule is Cc1ccc(CNCc2ccc(N(C)C)cc2)cc1.Cl.Cl. The van der Waals surface area contributed by atoms with Crippen molar-refractivity contribution in [2.45, 2.75) is 20.0 Å². The molecule has 0 aliphatic rings. The first kappa shape index (κ1) is 19.8. The van der Waals surface area contributed by atoms with Gasteiger partial charge in [0.05, 0.1) is 0 Å². The fraction of sp³-hybridized carbons (Fsp3) is 0.294. The second-order valence-electron chi connectivity index (χ2n) is 5.15. The van der Waals surface area contributed by atoms with Crippen molar-refractivity contribution in [3.8, 4) is 0 Å². The van der Waals surface area contributed by atoms with E-state index in [4.69, 9.17) is 0 Å². The molecule has 2 rings (SSSR count). The van der Waals surface area contributed by atoms with Crippen molar-refractivity contribution in [1.82, 2.24) is 5.32 Å². The van der Waals surface area contributed by atoms with Gasteiger partial charge in [0.15, 0.2) is 0 Å². The lowest BCUT2D eigenvalue weighted by atomic mass is 10.1. The molecule has 0 saturated carbocycles. The highest BCUT2D eigenvalue weighted by Crippen LogP contribution is 2.12. The molecular formula is C17H24Cl2N2. The van der Waals surface area contributed by atoms with Crippen LogP contribution in [0.3, 0.4) is 0 Å². The molecule has 0 saturated heterocycles. The zero-order chi connectivity index (χ0) is 13.7. The summed E-state index contributed by atoms with van der Waals surface area (Å²) in [6.45, 7) is 3.93. The van der Waals surface area contributed by atoms with E-state index in [1.807, 2.05) is 0 Å². The van der Waals surface area contributed by atoms with E-state index in [2.05, 4.69) is 79.8 Å². The highest BCUT2D eigenvalue weighted by molar-refractivity contribution is 5.85. The molecule has 0 aliphatic heterocycles. The summed E-state index contributed by atoms with van der Waals surface area (Å²) < 4.78 is 0. The Morgan fingerprint density at radius 3 is 1.62 bits per heavy atom. The van der Waals surface area contributed by atoms with Crippen LogP contribution in [0.25, 0.3) is 0 Å². The highest BCUT2D eigenvalue weighted by Gasteiger charge is 1.97. The van der Waals surface area contributed by atoms with Gasteiger partial charge in [-0.05, 0) is 30.2 Å². The lowest BCUT2D eigenvalue weighted by Crippen LogP contribution is -2.13. The first-order chi connectivity index (χ1) is 9.15. The summed E-state index contributed by atoms with van der Waals surface area (Å²) in [6.07, 6.45) is 0. The number of aryl methyl sites for hydroxylation is 1. The third kappa shape index (κ3) is 6.38. The van der Waals surface area contributed by atoms with Crippen LogP contribution in [-0.4, -0.2) is 14.1 Å². The van der Waals surface area contributed by atoms with Gasteiger partial charge in [0.1, 0.15) is 0 Å². The number of hydrogen-bond acceptors (Lipinski definition) is 2. The molecule has 2 aromatic carbocycles. The zero-order valence-electron chi connectivity index (χ0n) is 12.8. The molecule has 1 N–H and O–H groups in total. The Morgan fingerprint density at radius 1 is 0.762 bits per heavy atom. The van der Waals surface area contributed by atoms with E-state index in [-0.39, 0.29) is 24.8 Å². The Morgan fingerprint density at radius 2 is 1.19 bits per heavy atom. The molecule has 2 nitrogen and oxygen atoms in total. The van der Waals surface area contributed by atoms with Crippen LogP contribution in [0.2, 0.25) is 0 Å². The number of rotatable bonds is 5. The van der Waals surface area contributed by atoms with E-state index in [0.717, 1.165) is 13.1 Å². The molecule has 0 atom stereocenters. The van der Waals surface area contributed by atoms with Crippen molar-refractivity contribution < 1.29 is 0 Å². The molecule has 0 radical (unpaired) electrons. The van der Waals surface area contributed by atoms with Gasteiger partial charge in [0, 0.05) is 32.9 Å². The minimum absolute atomic E-state index is 0. The third-order valence-electron chi connectivity index (χ3n) is 3.23. The van der Waals surface area contributed by atoms with Gasteiger partial charge in [-0.3, -0.25) is 0 Å². The lowest BCUT2D eigenvalue weighted by molar-refractivity contribution is 0.693. The molecule has 0 bridgehead atoms. The first-order valence-corrected chi connectivity index (χ1v) is 6.67. The smallest absolute Gasteiger partial charge is 0.0361 e. The van der Waals surface area contributed by atoms with Gasteiger partial charge >= 0.3 is 0 Å². The van der Waals surface area contributed by atoms with Crippen molar-refractivity contribution in [1.29, 1.82) is 0 Å². The lowest BCUT2D eigenvalue weighted by Gasteiger charge is -2.13. The van der Waals surface area contributed by atoms with Crippen molar-refractivity contribution >= 4 is 30.5 Å². The number of anilines is 1. The number of nitrogens with zero attached hydrogens (tertiary/aromatic N) is 1. The van der Waals surface area contributed by atoms with E-state index in [9.17, 15) is 0 Å². The summed E-state index contributed by atoms with van der Waals surface area (Å²) in [5.41, 5.74) is 5.19. The van der Waals surface area contributed by atoms with Gasteiger partial charge in [0.25, 0.3) is 0 Å². The van der Waals surface area contributed by atoms with Gasteiger partial charge < -0.3 is 10.2 Å². The molecule has 0 aliphatic carbocycles. The Bertz CT molecular complexity index is 507. The maximum Gasteiger partial charge on any atom is 0.0361 e. The molecule has 0 aromatic heterocycles. The van der Waals surface area contributed by atoms with E-state index >= 15 is 0 Å². The minimum atomic E-state index is 0. The van der Waals surface area contributed by atoms with Gasteiger partial charge in [-0.1, -0.05) is 42.0 Å². The molecular weight excluding hydrogens is 303 g/mol. The van der Waals surface area contributed by atoms with Crippen molar-refractivity contribution in [2.24, 2.45) is 0 Å². The molecule has 0 heterocycles. The molecule has 0 unspecified atom stereocenters. The summed E-state index contributed by atoms with van der Waals surface area (Å²) in [6, 6.07) is 17.3. The standard InChI is InChI=1S/C17H22N2.2ClH/c1-14-4-6-15(7-5-14)12-18-13-16-8-10-17(11-9-16)19(2)3;;/h4-11,18H,12-13H2,1-3H3;2*1H. The molecule has 4 heteroatoms. The Hall–Kier alpha value is -1.22. The third-order valence-corrected chi connectivity index (χ3v) is 3.23. The highest BCUT2D eigenvalue weighted by atomic mass is 35.5. The van der Waals surface area contributed by atoms with E-state index in [0.29, 0.717) is 0 Å². The molecule has 116 valence electrons. The van der Waals surface area contributed by atoms with Crippen molar-refractivity contribution in [2.75, 3.05) is 19.0 Å². The van der Waals surface area contributed by atoms with Gasteiger partial charge in [0.2, 0.25) is 0 Å². The Balaban J connectivity index is 0.00000200. The van der Waals surface area contributed by atoms with Crippen LogP contribution in [0.1, 0.15) is 16.7 Å². The van der Waals surface area contributed by atoms with Crippen LogP contribution < -0.4 is 10.2 Å². The van der Waals surface area contributed by atoms with Crippen LogP contribution in [0.4, 0.5) is 5.69 Å². The predicted molar refractivity (Wildman–Crippen MR) is 97.0 cm³/mol. The number of nitrogens with one attached hydrogen (secondary N) is 1. The van der Waals surface area contributed by atoms with Crippen LogP contribution >= 0.6 is 24.8 Å². The summed E-state index contributed by atoms with van der Waals surface area (Å²) in [7, 11) is 4.12. The van der Waals surface area contributed by atoms with Crippen LogP contribution in [0, 0.1) is 6.92 Å². The zero-order valence-corrected chi connectivity index (χ0v) is 14.4. The Kier molecular flexibility index (Phi) is 9.11. The molecule has 0 spiro atoms. The van der Waals surface area contributed by atoms with Crippen LogP contribution in [0.5, 0.6) is 0 Å². The second-order valence-corrected chi connectivity index (χ2v) is 5.15. The topological polar surface area (TPSA) is 15.3 Å². The van der Waals surface area contributed by atoms with E-state index in [1.54, 1.807) is 0 Å². The second kappa shape index (κ2) is 9.67. The summed E-state index contributed by atoms with van der Waals surface area (Å²) >= 11 is 0. The largest absolute Gasteiger partial charge is 0.378 e. The molecule has 0 amide bonds. The van der Waals surface area contributed by atoms with Gasteiger partial charge in [-0.15, -0.1) is 24.8 Å². The maximum absolute atomic E-state index is 3.47. The maximum atomic E-state index is 3.47. The number of hydrogen-bond donors (Lipinski definition) is 1. The minimum Gasteiger partial charge on any atom is -0.378 e. The van der Waals surface area contributed by atoms with Gasteiger partial charge in [-0.25, -0.2) is 0 Å². The fourth-order valence-electron chi connectivity index (χ4n) is 1.97. The van der Waals surface area contributed by atoms with Crippen LogP contribution in [-0.2, 0) is 13.1 Å². The number of benzene rings is 2. The number of halogens is 2. The average molecular weight is 327 g/mol. The fourth-order valence-corrected chi connectivity index (χ4v) is 1.97. The van der Waals surface area contributed by atoms with Crippen LogP contribution in [0.15, 0.2) is 48.5 Å². The molecule has 0 fully saturated rings. The molecule has 21 heavy (non-hydrogen) atoms. The normalized spacial score (nSPS) is 9.48. The summed E-state index contributed by atoms with van der Waals surface area (Å²) in [4.78, 5) is 2.11. The summed E-state index contributed by atoms with van der Waals surface area (Å²) in [5.74, 6) is 0. The van der Waals surface area contributed by atoms with Crippen molar-refractivity contribution in [3.05, 3.63) is 65.2 Å². The van der Waals surface area contributed by atoms with Gasteiger partial charge in [-0.2, -0.15) is 0 Å². The monoisotopic (exact) mass is 326 g/mol. The van der Waals surface area contributed by atoms with E-state index < -0.39 is 0 Å². The average Bonchev–Trinajstić information content (AvgIpc) is 2.41. The molecule has 2 aromatic rings. The van der Waals surface area contributed by atoms with E-state index in [1.165, 1.54) is 22.4 Å². The summed E-state index contributed by atoms with van der Waals surface area (Å²) in [5, 5.41) is 3.47. The first-order valence-electron chi connectivity index (χ1n) is 6.67. The quantitative estimate of drug-likeness (QED) is 0.886. The van der Waals surface area contributed by atoms with Crippen molar-refractivity contribution in [3.63, 3.8) is 0 Å². The Labute approximate surface area is 140 Å².